The molecule has 2 rings (SSSR count). The lowest BCUT2D eigenvalue weighted by Crippen LogP contribution is -2.55. The van der Waals surface area contributed by atoms with Gasteiger partial charge in [-0.1, -0.05) is 36.4 Å². The number of aryl methyl sites for hydroxylation is 2. The minimum absolute atomic E-state index is 0.280. The second-order valence-corrected chi connectivity index (χ2v) is 6.34. The van der Waals surface area contributed by atoms with Gasteiger partial charge in [-0.3, -0.25) is 9.59 Å². The highest BCUT2D eigenvalue weighted by Gasteiger charge is 2.54. The Bertz CT molecular complexity index is 634. The Morgan fingerprint density at radius 1 is 1.43 bits per heavy atom. The van der Waals surface area contributed by atoms with Crippen molar-refractivity contribution in [3.8, 4) is 0 Å². The molecule has 1 aromatic rings. The van der Waals surface area contributed by atoms with Crippen LogP contribution in [-0.4, -0.2) is 31.1 Å². The van der Waals surface area contributed by atoms with Crippen LogP contribution in [0.15, 0.2) is 36.4 Å². The van der Waals surface area contributed by atoms with Crippen LogP contribution in [-0.2, 0) is 25.5 Å². The zero-order valence-electron chi connectivity index (χ0n) is 14.2. The molecule has 0 aliphatic carbocycles. The van der Waals surface area contributed by atoms with Crippen LogP contribution in [0.4, 0.5) is 0 Å². The first-order chi connectivity index (χ1) is 10.8. The van der Waals surface area contributed by atoms with Crippen molar-refractivity contribution in [2.45, 2.75) is 45.8 Å². The van der Waals surface area contributed by atoms with Crippen molar-refractivity contribution in [1.29, 1.82) is 0 Å². The van der Waals surface area contributed by atoms with Gasteiger partial charge in [0.1, 0.15) is 0 Å². The Balaban J connectivity index is 2.24. The predicted molar refractivity (Wildman–Crippen MR) is 88.1 cm³/mol. The fourth-order valence-electron chi connectivity index (χ4n) is 3.09. The van der Waals surface area contributed by atoms with E-state index >= 15 is 0 Å². The molecule has 1 heterocycles. The van der Waals surface area contributed by atoms with Gasteiger partial charge in [-0.15, -0.1) is 0 Å². The molecule has 124 valence electrons. The maximum absolute atomic E-state index is 12.7. The first kappa shape index (κ1) is 17.4. The van der Waals surface area contributed by atoms with Gasteiger partial charge in [0.15, 0.2) is 11.2 Å². The molecule has 0 spiro atoms. The molecule has 1 fully saturated rings. The van der Waals surface area contributed by atoms with Gasteiger partial charge in [0.2, 0.25) is 0 Å². The average Bonchev–Trinajstić information content (AvgIpc) is 2.54. The van der Waals surface area contributed by atoms with E-state index in [-0.39, 0.29) is 11.9 Å². The molecule has 4 heteroatoms. The van der Waals surface area contributed by atoms with Crippen molar-refractivity contribution in [2.24, 2.45) is 5.41 Å². The minimum Gasteiger partial charge on any atom is -0.468 e. The number of ketones is 1. The normalized spacial score (nSPS) is 27.8. The van der Waals surface area contributed by atoms with E-state index in [0.717, 1.165) is 12.0 Å². The highest BCUT2D eigenvalue weighted by atomic mass is 16.5. The zero-order chi connectivity index (χ0) is 17.2. The number of esters is 1. The summed E-state index contributed by atoms with van der Waals surface area (Å²) >= 11 is 0. The Kier molecular flexibility index (Phi) is 5.05. The molecule has 1 saturated heterocycles. The highest BCUT2D eigenvalue weighted by Crippen LogP contribution is 2.39. The molecule has 0 aromatic heterocycles. The van der Waals surface area contributed by atoms with Crippen LogP contribution < -0.4 is 0 Å². The zero-order valence-corrected chi connectivity index (χ0v) is 14.2. The summed E-state index contributed by atoms with van der Waals surface area (Å²) in [4.78, 5) is 24.9. The van der Waals surface area contributed by atoms with Gasteiger partial charge in [0.25, 0.3) is 0 Å². The lowest BCUT2D eigenvalue weighted by molar-refractivity contribution is -0.175. The third-order valence-corrected chi connectivity index (χ3v) is 4.65. The number of benzene rings is 1. The number of carbonyl (C=O) groups is 2. The van der Waals surface area contributed by atoms with Gasteiger partial charge in [-0.2, -0.15) is 0 Å². The number of Topliss-reactive ketones (excluding diaryl/α,β-unsaturated/α-hetero) is 1. The standard InChI is InChI=1S/C19H24O4/c1-12-7-6-8-15(11-12)9-10-16-19(4,18(21)22-5)17(20)13(2)14(3)23-16/h6-8,11,14,16H,2,9-10H2,1,3-5H3. The summed E-state index contributed by atoms with van der Waals surface area (Å²) in [7, 11) is 1.29. The Morgan fingerprint density at radius 3 is 2.74 bits per heavy atom. The number of methoxy groups -OCH3 is 1. The third-order valence-electron chi connectivity index (χ3n) is 4.65. The third kappa shape index (κ3) is 3.22. The molecule has 0 amide bonds. The van der Waals surface area contributed by atoms with Gasteiger partial charge >= 0.3 is 5.97 Å². The molecule has 4 nitrogen and oxygen atoms in total. The second kappa shape index (κ2) is 6.67. The summed E-state index contributed by atoms with van der Waals surface area (Å²) in [6.07, 6.45) is 0.385. The molecule has 1 aliphatic heterocycles. The van der Waals surface area contributed by atoms with Gasteiger partial charge < -0.3 is 9.47 Å². The maximum Gasteiger partial charge on any atom is 0.322 e. The lowest BCUT2D eigenvalue weighted by Gasteiger charge is -2.41. The Hall–Kier alpha value is -1.94. The van der Waals surface area contributed by atoms with E-state index in [1.54, 1.807) is 13.8 Å². The molecule has 0 N–H and O–H groups in total. The van der Waals surface area contributed by atoms with Crippen molar-refractivity contribution in [3.05, 3.63) is 47.5 Å². The van der Waals surface area contributed by atoms with E-state index in [1.807, 2.05) is 25.1 Å². The van der Waals surface area contributed by atoms with Crippen molar-refractivity contribution < 1.29 is 19.1 Å². The monoisotopic (exact) mass is 316 g/mol. The Labute approximate surface area is 137 Å². The summed E-state index contributed by atoms with van der Waals surface area (Å²) in [5.41, 5.74) is 1.33. The number of carbonyl (C=O) groups excluding carboxylic acids is 2. The molecule has 3 atom stereocenters. The fraction of sp³-hybridized carbons (Fsp3) is 0.474. The number of ether oxygens (including phenoxy) is 2. The summed E-state index contributed by atoms with van der Waals surface area (Å²) in [5.74, 6) is -0.845. The first-order valence-corrected chi connectivity index (χ1v) is 7.83. The van der Waals surface area contributed by atoms with Crippen LogP contribution in [0, 0.1) is 12.3 Å². The number of rotatable bonds is 4. The van der Waals surface area contributed by atoms with E-state index < -0.39 is 17.5 Å². The quantitative estimate of drug-likeness (QED) is 0.487. The largest absolute Gasteiger partial charge is 0.468 e. The van der Waals surface area contributed by atoms with Crippen molar-refractivity contribution >= 4 is 11.8 Å². The van der Waals surface area contributed by atoms with Crippen LogP contribution in [0.5, 0.6) is 0 Å². The minimum atomic E-state index is -1.33. The van der Waals surface area contributed by atoms with E-state index in [2.05, 4.69) is 12.6 Å². The van der Waals surface area contributed by atoms with E-state index in [9.17, 15) is 9.59 Å². The van der Waals surface area contributed by atoms with Crippen LogP contribution in [0.25, 0.3) is 0 Å². The number of hydrogen-bond acceptors (Lipinski definition) is 4. The molecule has 0 bridgehead atoms. The summed E-state index contributed by atoms with van der Waals surface area (Å²) in [6, 6.07) is 8.17. The highest BCUT2D eigenvalue weighted by molar-refractivity contribution is 6.13. The maximum atomic E-state index is 12.7. The smallest absolute Gasteiger partial charge is 0.322 e. The molecule has 3 unspecified atom stereocenters. The fourth-order valence-corrected chi connectivity index (χ4v) is 3.09. The summed E-state index contributed by atoms with van der Waals surface area (Å²) in [5, 5.41) is 0. The Morgan fingerprint density at radius 2 is 2.13 bits per heavy atom. The lowest BCUT2D eigenvalue weighted by atomic mass is 9.72. The first-order valence-electron chi connectivity index (χ1n) is 7.83. The van der Waals surface area contributed by atoms with Crippen LogP contribution >= 0.6 is 0 Å². The predicted octanol–water partition coefficient (Wildman–Crippen LogP) is 3.02. The van der Waals surface area contributed by atoms with E-state index in [0.29, 0.717) is 12.0 Å². The van der Waals surface area contributed by atoms with E-state index in [4.69, 9.17) is 9.47 Å². The van der Waals surface area contributed by atoms with Crippen LogP contribution in [0.2, 0.25) is 0 Å². The second-order valence-electron chi connectivity index (χ2n) is 6.34. The average molecular weight is 316 g/mol. The van der Waals surface area contributed by atoms with Crippen molar-refractivity contribution in [1.82, 2.24) is 0 Å². The molecule has 1 aliphatic rings. The topological polar surface area (TPSA) is 52.6 Å². The van der Waals surface area contributed by atoms with Gasteiger partial charge in [-0.05, 0) is 39.2 Å². The molecule has 23 heavy (non-hydrogen) atoms. The van der Waals surface area contributed by atoms with Crippen LogP contribution in [0.1, 0.15) is 31.4 Å². The summed E-state index contributed by atoms with van der Waals surface area (Å²) in [6.45, 7) is 9.19. The molecule has 0 radical (unpaired) electrons. The number of hydrogen-bond donors (Lipinski definition) is 0. The van der Waals surface area contributed by atoms with Crippen LogP contribution in [0.3, 0.4) is 0 Å². The summed E-state index contributed by atoms with van der Waals surface area (Å²) < 4.78 is 10.8. The van der Waals surface area contributed by atoms with Gasteiger partial charge in [-0.25, -0.2) is 0 Å². The van der Waals surface area contributed by atoms with Crippen molar-refractivity contribution in [3.63, 3.8) is 0 Å². The van der Waals surface area contributed by atoms with Gasteiger partial charge in [0, 0.05) is 5.57 Å². The SMILES string of the molecule is C=C1C(=O)C(C)(C(=O)OC)C(CCc2cccc(C)c2)OC1C. The molecule has 0 saturated carbocycles. The van der Waals surface area contributed by atoms with Crippen molar-refractivity contribution in [2.75, 3.05) is 7.11 Å². The molecular formula is C19H24O4. The van der Waals surface area contributed by atoms with Gasteiger partial charge in [0.05, 0.1) is 19.3 Å². The molecule has 1 aromatic carbocycles. The molecular weight excluding hydrogens is 292 g/mol. The van der Waals surface area contributed by atoms with E-state index in [1.165, 1.54) is 12.7 Å².